The summed E-state index contributed by atoms with van der Waals surface area (Å²) in [5.41, 5.74) is 0. The molecule has 0 saturated carbocycles. The molecule has 2 heteroatoms. The maximum atomic E-state index is 8.99. The van der Waals surface area contributed by atoms with Crippen molar-refractivity contribution in [2.45, 2.75) is 40.4 Å². The summed E-state index contributed by atoms with van der Waals surface area (Å²) in [5, 5.41) is 18.0. The minimum atomic E-state index is -1.16. The molecule has 1 atom stereocenters. The fourth-order valence-electron chi connectivity index (χ4n) is 1.28. The molecule has 0 saturated heterocycles. The van der Waals surface area contributed by atoms with Crippen LogP contribution in [0.4, 0.5) is 0 Å². The average molecular weight is 160 g/mol. The summed E-state index contributed by atoms with van der Waals surface area (Å²) in [4.78, 5) is 0. The van der Waals surface area contributed by atoms with Gasteiger partial charge in [-0.2, -0.15) is 0 Å². The standard InChI is InChI=1S/C9H20O2/c1-6(2)5-8(7(3)4)9(10)11/h6-11H,5H2,1-4H3. The van der Waals surface area contributed by atoms with Gasteiger partial charge >= 0.3 is 0 Å². The van der Waals surface area contributed by atoms with E-state index in [2.05, 4.69) is 13.8 Å². The Morgan fingerprint density at radius 3 is 1.55 bits per heavy atom. The third-order valence-electron chi connectivity index (χ3n) is 1.98. The van der Waals surface area contributed by atoms with Gasteiger partial charge in [0.2, 0.25) is 0 Å². The van der Waals surface area contributed by atoms with E-state index in [4.69, 9.17) is 10.2 Å². The highest BCUT2D eigenvalue weighted by atomic mass is 16.5. The second-order valence-corrected chi connectivity index (χ2v) is 3.95. The van der Waals surface area contributed by atoms with Gasteiger partial charge in [0.15, 0.2) is 6.29 Å². The van der Waals surface area contributed by atoms with Crippen molar-refractivity contribution in [3.8, 4) is 0 Å². The van der Waals surface area contributed by atoms with Crippen molar-refractivity contribution < 1.29 is 10.2 Å². The van der Waals surface area contributed by atoms with Crippen molar-refractivity contribution in [3.05, 3.63) is 0 Å². The predicted molar refractivity (Wildman–Crippen MR) is 46.0 cm³/mol. The van der Waals surface area contributed by atoms with Crippen LogP contribution in [-0.4, -0.2) is 16.5 Å². The summed E-state index contributed by atoms with van der Waals surface area (Å²) < 4.78 is 0. The van der Waals surface area contributed by atoms with Gasteiger partial charge in [-0.3, -0.25) is 0 Å². The predicted octanol–water partition coefficient (Wildman–Crippen LogP) is 1.62. The zero-order chi connectivity index (χ0) is 9.02. The van der Waals surface area contributed by atoms with E-state index in [0.717, 1.165) is 6.42 Å². The van der Waals surface area contributed by atoms with Crippen LogP contribution < -0.4 is 0 Å². The first-order valence-corrected chi connectivity index (χ1v) is 4.31. The van der Waals surface area contributed by atoms with Gasteiger partial charge in [0.25, 0.3) is 0 Å². The molecule has 2 nitrogen and oxygen atoms in total. The van der Waals surface area contributed by atoms with Crippen LogP contribution in [0.25, 0.3) is 0 Å². The first-order valence-electron chi connectivity index (χ1n) is 4.31. The van der Waals surface area contributed by atoms with Gasteiger partial charge in [-0.15, -0.1) is 0 Å². The lowest BCUT2D eigenvalue weighted by molar-refractivity contribution is -0.102. The highest BCUT2D eigenvalue weighted by Gasteiger charge is 2.21. The summed E-state index contributed by atoms with van der Waals surface area (Å²) in [6.45, 7) is 8.23. The summed E-state index contributed by atoms with van der Waals surface area (Å²) in [6, 6.07) is 0. The number of aliphatic hydroxyl groups is 2. The lowest BCUT2D eigenvalue weighted by Gasteiger charge is -2.24. The van der Waals surface area contributed by atoms with Crippen LogP contribution in [0.5, 0.6) is 0 Å². The van der Waals surface area contributed by atoms with Gasteiger partial charge in [-0.1, -0.05) is 27.7 Å². The maximum Gasteiger partial charge on any atom is 0.154 e. The largest absolute Gasteiger partial charge is 0.368 e. The lowest BCUT2D eigenvalue weighted by atomic mass is 9.87. The van der Waals surface area contributed by atoms with Crippen LogP contribution in [0.3, 0.4) is 0 Å². The van der Waals surface area contributed by atoms with E-state index in [-0.39, 0.29) is 5.92 Å². The van der Waals surface area contributed by atoms with Gasteiger partial charge in [0.05, 0.1) is 0 Å². The van der Waals surface area contributed by atoms with Crippen molar-refractivity contribution in [2.75, 3.05) is 0 Å². The number of hydrogen-bond donors (Lipinski definition) is 2. The zero-order valence-corrected chi connectivity index (χ0v) is 7.91. The van der Waals surface area contributed by atoms with Gasteiger partial charge in [-0.05, 0) is 18.3 Å². The first kappa shape index (κ1) is 10.9. The molecule has 0 aromatic heterocycles. The fourth-order valence-corrected chi connectivity index (χ4v) is 1.28. The SMILES string of the molecule is CC(C)CC(C(C)C)C(O)O. The third-order valence-corrected chi connectivity index (χ3v) is 1.98. The van der Waals surface area contributed by atoms with E-state index in [1.807, 2.05) is 13.8 Å². The van der Waals surface area contributed by atoms with Crippen LogP contribution in [0.1, 0.15) is 34.1 Å². The van der Waals surface area contributed by atoms with Crippen molar-refractivity contribution in [1.82, 2.24) is 0 Å². The Labute approximate surface area is 69.2 Å². The fraction of sp³-hybridized carbons (Fsp3) is 1.00. The molecule has 0 aromatic carbocycles. The molecule has 0 aliphatic carbocycles. The molecule has 0 aromatic rings. The number of rotatable bonds is 4. The highest BCUT2D eigenvalue weighted by Crippen LogP contribution is 2.22. The van der Waals surface area contributed by atoms with E-state index in [0.29, 0.717) is 11.8 Å². The van der Waals surface area contributed by atoms with E-state index in [9.17, 15) is 0 Å². The molecule has 0 aliphatic rings. The molecule has 0 radical (unpaired) electrons. The van der Waals surface area contributed by atoms with Crippen LogP contribution in [0.15, 0.2) is 0 Å². The molecule has 2 N–H and O–H groups in total. The molecule has 0 rings (SSSR count). The Hall–Kier alpha value is -0.0800. The van der Waals surface area contributed by atoms with Gasteiger partial charge in [-0.25, -0.2) is 0 Å². The quantitative estimate of drug-likeness (QED) is 0.613. The normalized spacial score (nSPS) is 15.0. The Morgan fingerprint density at radius 1 is 1.00 bits per heavy atom. The van der Waals surface area contributed by atoms with Gasteiger partial charge in [0, 0.05) is 5.92 Å². The van der Waals surface area contributed by atoms with Crippen LogP contribution in [-0.2, 0) is 0 Å². The van der Waals surface area contributed by atoms with Crippen LogP contribution in [0.2, 0.25) is 0 Å². The van der Waals surface area contributed by atoms with Crippen molar-refractivity contribution in [1.29, 1.82) is 0 Å². The van der Waals surface area contributed by atoms with Crippen molar-refractivity contribution in [2.24, 2.45) is 17.8 Å². The van der Waals surface area contributed by atoms with E-state index >= 15 is 0 Å². The molecular weight excluding hydrogens is 140 g/mol. The highest BCUT2D eigenvalue weighted by molar-refractivity contribution is 4.66. The molecule has 0 amide bonds. The van der Waals surface area contributed by atoms with E-state index < -0.39 is 6.29 Å². The second-order valence-electron chi connectivity index (χ2n) is 3.95. The summed E-state index contributed by atoms with van der Waals surface area (Å²) in [7, 11) is 0. The van der Waals surface area contributed by atoms with Gasteiger partial charge < -0.3 is 10.2 Å². The van der Waals surface area contributed by atoms with E-state index in [1.54, 1.807) is 0 Å². The maximum absolute atomic E-state index is 8.99. The molecule has 1 unspecified atom stereocenters. The summed E-state index contributed by atoms with van der Waals surface area (Å²) >= 11 is 0. The van der Waals surface area contributed by atoms with Crippen LogP contribution in [0, 0.1) is 17.8 Å². The molecular formula is C9H20O2. The van der Waals surface area contributed by atoms with Crippen molar-refractivity contribution >= 4 is 0 Å². The number of hydrogen-bond acceptors (Lipinski definition) is 2. The number of aliphatic hydroxyl groups excluding tert-OH is 1. The minimum absolute atomic E-state index is 0.0231. The Bertz CT molecular complexity index is 89.7. The van der Waals surface area contributed by atoms with E-state index in [1.165, 1.54) is 0 Å². The molecule has 0 bridgehead atoms. The lowest BCUT2D eigenvalue weighted by Crippen LogP contribution is -2.26. The topological polar surface area (TPSA) is 40.5 Å². The summed E-state index contributed by atoms with van der Waals surface area (Å²) in [5.74, 6) is 0.900. The molecule has 0 spiro atoms. The smallest absolute Gasteiger partial charge is 0.154 e. The average Bonchev–Trinajstić information content (AvgIpc) is 1.81. The molecule has 11 heavy (non-hydrogen) atoms. The Kier molecular flexibility index (Phi) is 4.69. The van der Waals surface area contributed by atoms with Gasteiger partial charge in [0.1, 0.15) is 0 Å². The van der Waals surface area contributed by atoms with Crippen LogP contribution >= 0.6 is 0 Å². The molecule has 0 fully saturated rings. The molecule has 68 valence electrons. The first-order chi connectivity index (χ1) is 4.95. The second kappa shape index (κ2) is 4.73. The zero-order valence-electron chi connectivity index (χ0n) is 7.91. The molecule has 0 aliphatic heterocycles. The molecule has 0 heterocycles. The Balaban J connectivity index is 3.90. The van der Waals surface area contributed by atoms with Crippen molar-refractivity contribution in [3.63, 3.8) is 0 Å². The monoisotopic (exact) mass is 160 g/mol. The Morgan fingerprint density at radius 2 is 1.45 bits per heavy atom. The third kappa shape index (κ3) is 4.38. The summed E-state index contributed by atoms with van der Waals surface area (Å²) in [6.07, 6.45) is -0.271. The minimum Gasteiger partial charge on any atom is -0.368 e.